The molecular weight excluding hydrogens is 182 g/mol. The summed E-state index contributed by atoms with van der Waals surface area (Å²) in [5, 5.41) is 3.72. The van der Waals surface area contributed by atoms with E-state index in [9.17, 15) is 0 Å². The molecule has 0 amide bonds. The van der Waals surface area contributed by atoms with Crippen LogP contribution in [-0.2, 0) is 0 Å². The van der Waals surface area contributed by atoms with Crippen LogP contribution in [0.1, 0.15) is 37.8 Å². The van der Waals surface area contributed by atoms with Crippen LogP contribution in [0.2, 0.25) is 0 Å². The standard InChI is InChI=1S/C14H19N/c1-2-14(12-8-4-3-5-9-12)15-13-10-6-7-11-13/h3-9,13-15H,2,10-11H2,1H3. The van der Waals surface area contributed by atoms with Gasteiger partial charge in [0.1, 0.15) is 0 Å². The second kappa shape index (κ2) is 5.13. The van der Waals surface area contributed by atoms with Crippen molar-refractivity contribution < 1.29 is 0 Å². The maximum atomic E-state index is 3.72. The summed E-state index contributed by atoms with van der Waals surface area (Å²) in [7, 11) is 0. The number of benzene rings is 1. The lowest BCUT2D eigenvalue weighted by Gasteiger charge is -2.22. The molecule has 0 radical (unpaired) electrons. The van der Waals surface area contributed by atoms with Crippen molar-refractivity contribution in [1.29, 1.82) is 0 Å². The fourth-order valence-electron chi connectivity index (χ4n) is 2.17. The van der Waals surface area contributed by atoms with E-state index in [0.717, 1.165) is 6.42 Å². The zero-order chi connectivity index (χ0) is 10.5. The highest BCUT2D eigenvalue weighted by atomic mass is 14.9. The SMILES string of the molecule is CCC(NC1CC=CC1)c1ccccc1. The van der Waals surface area contributed by atoms with Gasteiger partial charge in [-0.3, -0.25) is 0 Å². The molecule has 1 unspecified atom stereocenters. The summed E-state index contributed by atoms with van der Waals surface area (Å²) < 4.78 is 0. The first-order chi connectivity index (χ1) is 7.40. The Morgan fingerprint density at radius 1 is 1.20 bits per heavy atom. The molecule has 1 aliphatic carbocycles. The third-order valence-corrected chi connectivity index (χ3v) is 3.05. The third-order valence-electron chi connectivity index (χ3n) is 3.05. The van der Waals surface area contributed by atoms with Crippen molar-refractivity contribution in [3.05, 3.63) is 48.0 Å². The van der Waals surface area contributed by atoms with E-state index in [2.05, 4.69) is 54.7 Å². The van der Waals surface area contributed by atoms with E-state index in [1.54, 1.807) is 0 Å². The Balaban J connectivity index is 1.98. The molecule has 0 saturated heterocycles. The average Bonchev–Trinajstić information content (AvgIpc) is 2.80. The second-order valence-electron chi connectivity index (χ2n) is 4.18. The van der Waals surface area contributed by atoms with Crippen molar-refractivity contribution in [3.63, 3.8) is 0 Å². The van der Waals surface area contributed by atoms with Crippen molar-refractivity contribution in [2.45, 2.75) is 38.3 Å². The van der Waals surface area contributed by atoms with Crippen LogP contribution < -0.4 is 5.32 Å². The van der Waals surface area contributed by atoms with E-state index in [-0.39, 0.29) is 0 Å². The molecule has 0 aromatic heterocycles. The normalized spacial score (nSPS) is 18.2. The van der Waals surface area contributed by atoms with Gasteiger partial charge in [0.2, 0.25) is 0 Å². The van der Waals surface area contributed by atoms with Gasteiger partial charge in [-0.05, 0) is 24.8 Å². The number of hydrogen-bond acceptors (Lipinski definition) is 1. The summed E-state index contributed by atoms with van der Waals surface area (Å²) >= 11 is 0. The largest absolute Gasteiger partial charge is 0.307 e. The first-order valence-corrected chi connectivity index (χ1v) is 5.86. The van der Waals surface area contributed by atoms with Crippen molar-refractivity contribution in [2.75, 3.05) is 0 Å². The number of hydrogen-bond donors (Lipinski definition) is 1. The van der Waals surface area contributed by atoms with Crippen LogP contribution >= 0.6 is 0 Å². The molecule has 1 aliphatic rings. The van der Waals surface area contributed by atoms with Crippen LogP contribution in [0.15, 0.2) is 42.5 Å². The van der Waals surface area contributed by atoms with Crippen molar-refractivity contribution >= 4 is 0 Å². The molecule has 1 nitrogen and oxygen atoms in total. The fraction of sp³-hybridized carbons (Fsp3) is 0.429. The van der Waals surface area contributed by atoms with Crippen LogP contribution in [0.25, 0.3) is 0 Å². The average molecular weight is 201 g/mol. The molecule has 1 aromatic rings. The molecule has 1 aromatic carbocycles. The van der Waals surface area contributed by atoms with Gasteiger partial charge in [0, 0.05) is 12.1 Å². The Labute approximate surface area is 92.2 Å². The van der Waals surface area contributed by atoms with Crippen molar-refractivity contribution in [1.82, 2.24) is 5.32 Å². The minimum absolute atomic E-state index is 0.510. The minimum Gasteiger partial charge on any atom is -0.307 e. The maximum absolute atomic E-state index is 3.72. The summed E-state index contributed by atoms with van der Waals surface area (Å²) in [6.45, 7) is 2.24. The van der Waals surface area contributed by atoms with E-state index < -0.39 is 0 Å². The van der Waals surface area contributed by atoms with Gasteiger partial charge >= 0.3 is 0 Å². The van der Waals surface area contributed by atoms with E-state index in [4.69, 9.17) is 0 Å². The molecule has 1 N–H and O–H groups in total. The summed E-state index contributed by atoms with van der Waals surface area (Å²) in [6, 6.07) is 11.9. The molecule has 1 heteroatoms. The molecule has 0 saturated carbocycles. The van der Waals surface area contributed by atoms with Crippen LogP contribution in [0, 0.1) is 0 Å². The molecule has 0 bridgehead atoms. The molecule has 0 spiro atoms. The number of nitrogens with one attached hydrogen (secondary N) is 1. The second-order valence-corrected chi connectivity index (χ2v) is 4.18. The van der Waals surface area contributed by atoms with E-state index >= 15 is 0 Å². The van der Waals surface area contributed by atoms with Gasteiger partial charge < -0.3 is 5.32 Å². The van der Waals surface area contributed by atoms with Crippen LogP contribution in [0.5, 0.6) is 0 Å². The van der Waals surface area contributed by atoms with E-state index in [1.807, 2.05) is 0 Å². The highest BCUT2D eigenvalue weighted by Crippen LogP contribution is 2.20. The first kappa shape index (κ1) is 10.4. The molecule has 2 rings (SSSR count). The topological polar surface area (TPSA) is 12.0 Å². The van der Waals surface area contributed by atoms with Crippen molar-refractivity contribution in [2.24, 2.45) is 0 Å². The Kier molecular flexibility index (Phi) is 3.57. The predicted molar refractivity (Wildman–Crippen MR) is 64.8 cm³/mol. The highest BCUT2D eigenvalue weighted by molar-refractivity contribution is 5.19. The Bertz CT molecular complexity index is 307. The van der Waals surface area contributed by atoms with Crippen LogP contribution in [-0.4, -0.2) is 6.04 Å². The molecule has 0 heterocycles. The van der Waals surface area contributed by atoms with Gasteiger partial charge in [0.05, 0.1) is 0 Å². The molecular formula is C14H19N. The van der Waals surface area contributed by atoms with E-state index in [0.29, 0.717) is 12.1 Å². The zero-order valence-corrected chi connectivity index (χ0v) is 9.32. The quantitative estimate of drug-likeness (QED) is 0.736. The monoisotopic (exact) mass is 201 g/mol. The smallest absolute Gasteiger partial charge is 0.0320 e. The first-order valence-electron chi connectivity index (χ1n) is 5.86. The maximum Gasteiger partial charge on any atom is 0.0320 e. The lowest BCUT2D eigenvalue weighted by Crippen LogP contribution is -2.30. The van der Waals surface area contributed by atoms with Gasteiger partial charge in [-0.25, -0.2) is 0 Å². The zero-order valence-electron chi connectivity index (χ0n) is 9.32. The van der Waals surface area contributed by atoms with Gasteiger partial charge in [-0.15, -0.1) is 0 Å². The summed E-state index contributed by atoms with van der Waals surface area (Å²) in [5.74, 6) is 0. The third kappa shape index (κ3) is 2.69. The fourth-order valence-corrected chi connectivity index (χ4v) is 2.17. The Morgan fingerprint density at radius 3 is 2.47 bits per heavy atom. The molecule has 0 fully saturated rings. The molecule has 1 atom stereocenters. The predicted octanol–water partition coefficient (Wildman–Crippen LogP) is 3.45. The summed E-state index contributed by atoms with van der Waals surface area (Å²) in [4.78, 5) is 0. The Morgan fingerprint density at radius 2 is 1.87 bits per heavy atom. The number of rotatable bonds is 4. The summed E-state index contributed by atoms with van der Waals surface area (Å²) in [5.41, 5.74) is 1.41. The minimum atomic E-state index is 0.510. The highest BCUT2D eigenvalue weighted by Gasteiger charge is 2.15. The van der Waals surface area contributed by atoms with Gasteiger partial charge in [-0.2, -0.15) is 0 Å². The lowest BCUT2D eigenvalue weighted by molar-refractivity contribution is 0.438. The molecule has 15 heavy (non-hydrogen) atoms. The van der Waals surface area contributed by atoms with Crippen LogP contribution in [0.3, 0.4) is 0 Å². The van der Waals surface area contributed by atoms with Gasteiger partial charge in [0.25, 0.3) is 0 Å². The van der Waals surface area contributed by atoms with Crippen LogP contribution in [0.4, 0.5) is 0 Å². The summed E-state index contributed by atoms with van der Waals surface area (Å²) in [6.07, 6.45) is 8.07. The lowest BCUT2D eigenvalue weighted by atomic mass is 10.0. The Hall–Kier alpha value is -1.08. The van der Waals surface area contributed by atoms with Gasteiger partial charge in [0.15, 0.2) is 0 Å². The molecule has 0 aliphatic heterocycles. The molecule has 80 valence electrons. The van der Waals surface area contributed by atoms with Gasteiger partial charge in [-0.1, -0.05) is 49.4 Å². The van der Waals surface area contributed by atoms with Crippen molar-refractivity contribution in [3.8, 4) is 0 Å². The van der Waals surface area contributed by atoms with E-state index in [1.165, 1.54) is 18.4 Å².